The van der Waals surface area contributed by atoms with E-state index in [2.05, 4.69) is 0 Å². The summed E-state index contributed by atoms with van der Waals surface area (Å²) in [6.45, 7) is 0. The van der Waals surface area contributed by atoms with E-state index in [1.807, 2.05) is 12.1 Å². The maximum Gasteiger partial charge on any atom is 0.336 e. The minimum absolute atomic E-state index is 0.0250. The van der Waals surface area contributed by atoms with Crippen LogP contribution in [0.5, 0.6) is 5.75 Å². The Balaban J connectivity index is 0.000000249. The highest BCUT2D eigenvalue weighted by atomic mass is 16.4. The Bertz CT molecular complexity index is 883. The summed E-state index contributed by atoms with van der Waals surface area (Å²) in [5.74, 6) is 0.152. The zero-order chi connectivity index (χ0) is 20.6. The van der Waals surface area contributed by atoms with Crippen molar-refractivity contribution in [3.05, 3.63) is 65.2 Å². The number of hydrogen-bond donors (Lipinski definition) is 3. The fourth-order valence-electron chi connectivity index (χ4n) is 6.27. The van der Waals surface area contributed by atoms with Crippen molar-refractivity contribution in [3.8, 4) is 5.75 Å². The Morgan fingerprint density at radius 2 is 1.31 bits per heavy atom. The summed E-state index contributed by atoms with van der Waals surface area (Å²) in [6.07, 6.45) is 6.92. The molecule has 0 amide bonds. The molecule has 0 atom stereocenters. The van der Waals surface area contributed by atoms with Gasteiger partial charge in [-0.2, -0.15) is 0 Å². The fraction of sp³-hybridized carbons (Fsp3) is 0.417. The van der Waals surface area contributed by atoms with Gasteiger partial charge in [0.25, 0.3) is 0 Å². The number of aromatic hydroxyl groups is 1. The van der Waals surface area contributed by atoms with Crippen LogP contribution in [-0.4, -0.2) is 27.3 Å². The fourth-order valence-corrected chi connectivity index (χ4v) is 6.27. The highest BCUT2D eigenvalue weighted by molar-refractivity contribution is 6.03. The molecule has 0 aliphatic heterocycles. The van der Waals surface area contributed by atoms with Crippen LogP contribution in [0.2, 0.25) is 0 Å². The van der Waals surface area contributed by atoms with Gasteiger partial charge in [-0.1, -0.05) is 30.3 Å². The van der Waals surface area contributed by atoms with Crippen LogP contribution in [0.3, 0.4) is 0 Å². The second kappa shape index (κ2) is 7.54. The van der Waals surface area contributed by atoms with E-state index in [1.165, 1.54) is 25.3 Å². The van der Waals surface area contributed by atoms with Gasteiger partial charge in [-0.25, -0.2) is 9.59 Å². The molecule has 0 aromatic heterocycles. The first kappa shape index (κ1) is 19.5. The average molecular weight is 394 g/mol. The first-order valence-corrected chi connectivity index (χ1v) is 10.2. The van der Waals surface area contributed by atoms with Crippen LogP contribution in [0.15, 0.2) is 48.5 Å². The normalized spacial score (nSPS) is 29.0. The lowest BCUT2D eigenvalue weighted by molar-refractivity contribution is -0.00587. The van der Waals surface area contributed by atoms with Crippen molar-refractivity contribution in [2.75, 3.05) is 0 Å². The van der Waals surface area contributed by atoms with Gasteiger partial charge in [0.2, 0.25) is 0 Å². The lowest BCUT2D eigenvalue weighted by atomic mass is 9.47. The Morgan fingerprint density at radius 1 is 0.759 bits per heavy atom. The highest BCUT2D eigenvalue weighted by Gasteiger charge is 2.52. The third kappa shape index (κ3) is 3.74. The van der Waals surface area contributed by atoms with E-state index >= 15 is 0 Å². The Hall–Kier alpha value is -2.82. The summed E-state index contributed by atoms with van der Waals surface area (Å²) in [4.78, 5) is 23.2. The quantitative estimate of drug-likeness (QED) is 0.685. The van der Waals surface area contributed by atoms with Gasteiger partial charge >= 0.3 is 11.9 Å². The molecule has 6 rings (SSSR count). The van der Waals surface area contributed by atoms with Crippen molar-refractivity contribution in [1.29, 1.82) is 0 Å². The summed E-state index contributed by atoms with van der Waals surface area (Å²) in [6, 6.07) is 13.7. The van der Waals surface area contributed by atoms with Crippen LogP contribution in [0.1, 0.15) is 64.8 Å². The molecule has 0 radical (unpaired) electrons. The number of benzene rings is 2. The van der Waals surface area contributed by atoms with Gasteiger partial charge in [0.15, 0.2) is 0 Å². The number of phenols is 1. The number of carboxylic acids is 2. The van der Waals surface area contributed by atoms with Crippen molar-refractivity contribution in [2.24, 2.45) is 17.8 Å². The first-order chi connectivity index (χ1) is 13.9. The van der Waals surface area contributed by atoms with Crippen molar-refractivity contribution in [2.45, 2.75) is 43.9 Å². The van der Waals surface area contributed by atoms with Gasteiger partial charge in [0.1, 0.15) is 5.75 Å². The third-order valence-corrected chi connectivity index (χ3v) is 6.87. The molecule has 2 aromatic rings. The molecule has 152 valence electrons. The molecule has 4 fully saturated rings. The molecule has 4 aliphatic rings. The van der Waals surface area contributed by atoms with Crippen molar-refractivity contribution in [1.82, 2.24) is 0 Å². The molecule has 0 saturated heterocycles. The predicted octanol–water partition coefficient (Wildman–Crippen LogP) is 4.94. The summed E-state index contributed by atoms with van der Waals surface area (Å²) in [5.41, 5.74) is 0.630. The number of carboxylic acid groups (broad SMARTS) is 2. The molecular formula is C24H26O5. The molecule has 3 N–H and O–H groups in total. The molecule has 4 bridgehead atoms. The smallest absolute Gasteiger partial charge is 0.336 e. The molecule has 4 aliphatic carbocycles. The van der Waals surface area contributed by atoms with Crippen molar-refractivity contribution < 1.29 is 24.9 Å². The summed E-state index contributed by atoms with van der Waals surface area (Å²) >= 11 is 0. The number of phenolic OH excluding ortho intramolecular Hbond substituents is 1. The molecular weight excluding hydrogens is 368 g/mol. The van der Waals surface area contributed by atoms with E-state index in [4.69, 9.17) is 5.11 Å². The largest absolute Gasteiger partial charge is 0.508 e. The SMILES string of the molecule is O=C(O)c1cccc(C23CC4CC(CC(C4)C2)C3)c1C(=O)O.Oc1ccccc1. The summed E-state index contributed by atoms with van der Waals surface area (Å²) < 4.78 is 0. The number of rotatable bonds is 3. The van der Waals surface area contributed by atoms with Crippen LogP contribution >= 0.6 is 0 Å². The van der Waals surface area contributed by atoms with Crippen LogP contribution in [0.4, 0.5) is 0 Å². The van der Waals surface area contributed by atoms with Crippen LogP contribution in [0, 0.1) is 17.8 Å². The minimum Gasteiger partial charge on any atom is -0.508 e. The second-order valence-corrected chi connectivity index (χ2v) is 8.87. The Morgan fingerprint density at radius 3 is 1.72 bits per heavy atom. The maximum atomic E-state index is 11.8. The lowest BCUT2D eigenvalue weighted by Crippen LogP contribution is -2.49. The molecule has 5 heteroatoms. The van der Waals surface area contributed by atoms with Crippen molar-refractivity contribution >= 4 is 11.9 Å². The van der Waals surface area contributed by atoms with Gasteiger partial charge in [0, 0.05) is 0 Å². The van der Waals surface area contributed by atoms with Gasteiger partial charge in [0.05, 0.1) is 11.1 Å². The van der Waals surface area contributed by atoms with Gasteiger partial charge in [-0.05, 0) is 85.5 Å². The van der Waals surface area contributed by atoms with Gasteiger partial charge < -0.3 is 15.3 Å². The molecule has 2 aromatic carbocycles. The van der Waals surface area contributed by atoms with E-state index in [0.717, 1.165) is 24.8 Å². The van der Waals surface area contributed by atoms with Gasteiger partial charge in [-0.15, -0.1) is 0 Å². The predicted molar refractivity (Wildman–Crippen MR) is 108 cm³/mol. The lowest BCUT2D eigenvalue weighted by Gasteiger charge is -2.57. The minimum atomic E-state index is -1.15. The zero-order valence-electron chi connectivity index (χ0n) is 16.3. The van der Waals surface area contributed by atoms with E-state index in [1.54, 1.807) is 30.3 Å². The van der Waals surface area contributed by atoms with E-state index < -0.39 is 11.9 Å². The molecule has 0 unspecified atom stereocenters. The first-order valence-electron chi connectivity index (χ1n) is 10.2. The maximum absolute atomic E-state index is 11.8. The monoisotopic (exact) mass is 394 g/mol. The van der Waals surface area contributed by atoms with Crippen LogP contribution in [0.25, 0.3) is 0 Å². The molecule has 5 nitrogen and oxygen atoms in total. The summed E-state index contributed by atoms with van der Waals surface area (Å²) in [7, 11) is 0. The Kier molecular flexibility index (Phi) is 5.07. The standard InChI is InChI=1S/C18H20O4.C6H6O/c19-16(20)13-2-1-3-14(15(13)17(21)22)18-7-10-4-11(8-18)6-12(5-10)9-18;7-6-4-2-1-3-5-6/h1-3,10-12H,4-9H2,(H,19,20)(H,21,22);1-5,7H. The Labute approximate surface area is 170 Å². The third-order valence-electron chi connectivity index (χ3n) is 6.87. The van der Waals surface area contributed by atoms with Crippen LogP contribution in [-0.2, 0) is 5.41 Å². The zero-order valence-corrected chi connectivity index (χ0v) is 16.3. The van der Waals surface area contributed by atoms with Crippen LogP contribution < -0.4 is 0 Å². The number of hydrogen-bond acceptors (Lipinski definition) is 3. The number of para-hydroxylation sites is 1. The number of aromatic carboxylic acids is 2. The van der Waals surface area contributed by atoms with Gasteiger partial charge in [-0.3, -0.25) is 0 Å². The average Bonchev–Trinajstić information content (AvgIpc) is 2.67. The summed E-state index contributed by atoms with van der Waals surface area (Å²) in [5, 5.41) is 27.6. The van der Waals surface area contributed by atoms with Crippen molar-refractivity contribution in [3.63, 3.8) is 0 Å². The topological polar surface area (TPSA) is 94.8 Å². The molecule has 0 heterocycles. The molecule has 29 heavy (non-hydrogen) atoms. The van der Waals surface area contributed by atoms with E-state index in [0.29, 0.717) is 23.5 Å². The highest BCUT2D eigenvalue weighted by Crippen LogP contribution is 2.61. The molecule has 0 spiro atoms. The number of carbonyl (C=O) groups is 2. The van der Waals surface area contributed by atoms with E-state index in [-0.39, 0.29) is 16.5 Å². The molecule has 4 saturated carbocycles. The second-order valence-electron chi connectivity index (χ2n) is 8.87. The van der Waals surface area contributed by atoms with E-state index in [9.17, 15) is 19.8 Å².